The van der Waals surface area contributed by atoms with Crippen LogP contribution in [0.5, 0.6) is 0 Å². The number of ether oxygens (including phenoxy) is 1. The maximum atomic E-state index is 13.7. The molecule has 1 heterocycles. The first kappa shape index (κ1) is 37.5. The van der Waals surface area contributed by atoms with Gasteiger partial charge in [0.15, 0.2) is 0 Å². The van der Waals surface area contributed by atoms with Crippen LogP contribution >= 0.6 is 0 Å². The van der Waals surface area contributed by atoms with Crippen molar-refractivity contribution in [2.75, 3.05) is 6.54 Å². The summed E-state index contributed by atoms with van der Waals surface area (Å²) in [5.41, 5.74) is 4.89. The van der Waals surface area contributed by atoms with Gasteiger partial charge in [-0.05, 0) is 43.1 Å². The zero-order valence-electron chi connectivity index (χ0n) is 26.2. The second-order valence-corrected chi connectivity index (χ2v) is 12.4. The molecule has 238 valence electrons. The number of Topliss-reactive ketones (excluding diaryl/α,β-unsaturated/α-hetero) is 1. The van der Waals surface area contributed by atoms with Crippen LogP contribution in [0.25, 0.3) is 0 Å². The number of ketones is 1. The predicted octanol–water partition coefficient (Wildman–Crippen LogP) is -0.105. The summed E-state index contributed by atoms with van der Waals surface area (Å²) >= 11 is 0. The first-order chi connectivity index (χ1) is 19.3. The number of hydrogen-bond donors (Lipinski definition) is 3. The van der Waals surface area contributed by atoms with E-state index in [1.165, 1.54) is 4.90 Å². The summed E-state index contributed by atoms with van der Waals surface area (Å²) in [6, 6.07) is 7.61. The van der Waals surface area contributed by atoms with E-state index in [1.54, 1.807) is 0 Å². The first-order valence-electron chi connectivity index (χ1n) is 15.2. The Morgan fingerprint density at radius 2 is 1.71 bits per heavy atom. The third-order valence-electron chi connectivity index (χ3n) is 8.25. The number of nitrogens with one attached hydrogen (secondary N) is 1. The number of quaternary nitrogens is 1. The quantitative estimate of drug-likeness (QED) is 0.224. The van der Waals surface area contributed by atoms with Gasteiger partial charge in [0.1, 0.15) is 36.6 Å². The average Bonchev–Trinajstić information content (AvgIpc) is 3.43. The molecule has 1 aliphatic rings. The van der Waals surface area contributed by atoms with Crippen LogP contribution in [0.2, 0.25) is 0 Å². The minimum absolute atomic E-state index is 0. The maximum Gasteiger partial charge on any atom is 0.329 e. The number of benzene rings is 1. The zero-order chi connectivity index (χ0) is 30.7. The summed E-state index contributed by atoms with van der Waals surface area (Å²) in [6.45, 7) is 12.2. The number of likely N-dealkylation sites (tertiary alicyclic amines) is 1. The van der Waals surface area contributed by atoms with Crippen molar-refractivity contribution in [3.8, 4) is 0 Å². The number of aliphatic hydroxyl groups excluding tert-OH is 1. The molecule has 0 aliphatic carbocycles. The van der Waals surface area contributed by atoms with Crippen molar-refractivity contribution < 1.29 is 47.2 Å². The van der Waals surface area contributed by atoms with Crippen LogP contribution in [-0.4, -0.2) is 64.3 Å². The Kier molecular flexibility index (Phi) is 16.3. The van der Waals surface area contributed by atoms with Crippen molar-refractivity contribution in [1.29, 1.82) is 0 Å². The monoisotopic (exact) mass is 609 g/mol. The van der Waals surface area contributed by atoms with E-state index in [0.717, 1.165) is 12.0 Å². The molecule has 2 rings (SSSR count). The number of aliphatic hydroxyl groups is 1. The number of esters is 1. The van der Waals surface area contributed by atoms with Crippen LogP contribution in [0.3, 0.4) is 0 Å². The molecule has 0 radical (unpaired) electrons. The van der Waals surface area contributed by atoms with Crippen molar-refractivity contribution in [1.82, 2.24) is 10.2 Å². The smallest absolute Gasteiger partial charge is 0.329 e. The molecule has 0 spiro atoms. The third-order valence-corrected chi connectivity index (χ3v) is 8.25. The van der Waals surface area contributed by atoms with E-state index >= 15 is 0 Å². The molecule has 2 amide bonds. The van der Waals surface area contributed by atoms with Gasteiger partial charge in [0.2, 0.25) is 11.8 Å². The highest BCUT2D eigenvalue weighted by Crippen LogP contribution is 2.24. The Balaban J connectivity index is 0.00000882. The van der Waals surface area contributed by atoms with Gasteiger partial charge in [-0.2, -0.15) is 0 Å². The van der Waals surface area contributed by atoms with Crippen LogP contribution < -0.4 is 23.5 Å². The lowest BCUT2D eigenvalue weighted by atomic mass is 9.86. The molecular weight excluding hydrogens is 558 g/mol. The molecule has 6 atom stereocenters. The summed E-state index contributed by atoms with van der Waals surface area (Å²) in [4.78, 5) is 54.6. The van der Waals surface area contributed by atoms with Crippen molar-refractivity contribution in [3.63, 3.8) is 0 Å². The molecule has 10 heteroatoms. The summed E-state index contributed by atoms with van der Waals surface area (Å²) in [5.74, 6) is -1.82. The highest BCUT2D eigenvalue weighted by Gasteiger charge is 2.40. The van der Waals surface area contributed by atoms with E-state index in [9.17, 15) is 24.3 Å². The van der Waals surface area contributed by atoms with Crippen LogP contribution in [-0.2, 0) is 30.5 Å². The maximum absolute atomic E-state index is 13.7. The molecular formula is C32H52ClN3O6. The van der Waals surface area contributed by atoms with Crippen molar-refractivity contribution in [2.24, 2.45) is 23.7 Å². The molecule has 0 bridgehead atoms. The van der Waals surface area contributed by atoms with Gasteiger partial charge in [0.05, 0.1) is 0 Å². The van der Waals surface area contributed by atoms with Crippen LogP contribution in [0.4, 0.5) is 0 Å². The Bertz CT molecular complexity index is 1010. The van der Waals surface area contributed by atoms with E-state index in [1.807, 2.05) is 71.9 Å². The average molecular weight is 610 g/mol. The van der Waals surface area contributed by atoms with Gasteiger partial charge >= 0.3 is 5.97 Å². The Morgan fingerprint density at radius 3 is 2.29 bits per heavy atom. The molecule has 1 aromatic carbocycles. The Morgan fingerprint density at radius 1 is 1.07 bits per heavy atom. The summed E-state index contributed by atoms with van der Waals surface area (Å²) in [7, 11) is 0. The fraction of sp³-hybridized carbons (Fsp3) is 0.688. The van der Waals surface area contributed by atoms with Gasteiger partial charge in [0, 0.05) is 31.2 Å². The first-order valence-corrected chi connectivity index (χ1v) is 15.2. The predicted molar refractivity (Wildman–Crippen MR) is 157 cm³/mol. The van der Waals surface area contributed by atoms with Crippen LogP contribution in [0.15, 0.2) is 30.3 Å². The molecule has 0 aromatic heterocycles. The van der Waals surface area contributed by atoms with Crippen molar-refractivity contribution in [3.05, 3.63) is 35.9 Å². The second kappa shape index (κ2) is 18.2. The lowest BCUT2D eigenvalue weighted by Crippen LogP contribution is -3.00. The number of hydrogen-bond acceptors (Lipinski definition) is 6. The Labute approximate surface area is 257 Å². The topological polar surface area (TPSA) is 141 Å². The molecule has 1 aromatic rings. The molecule has 42 heavy (non-hydrogen) atoms. The molecule has 0 unspecified atom stereocenters. The van der Waals surface area contributed by atoms with Gasteiger partial charge in [-0.1, -0.05) is 71.9 Å². The minimum Gasteiger partial charge on any atom is -1.00 e. The van der Waals surface area contributed by atoms with Crippen LogP contribution in [0.1, 0.15) is 85.6 Å². The van der Waals surface area contributed by atoms with Gasteiger partial charge in [-0.15, -0.1) is 0 Å². The van der Waals surface area contributed by atoms with E-state index in [4.69, 9.17) is 4.74 Å². The number of rotatable bonds is 16. The largest absolute Gasteiger partial charge is 1.00 e. The Hall–Kier alpha value is -2.49. The van der Waals surface area contributed by atoms with E-state index in [0.29, 0.717) is 25.8 Å². The van der Waals surface area contributed by atoms with Crippen molar-refractivity contribution >= 4 is 23.6 Å². The van der Waals surface area contributed by atoms with E-state index < -0.39 is 30.1 Å². The highest BCUT2D eigenvalue weighted by atomic mass is 35.5. The number of nitrogens with zero attached hydrogens (tertiary/aromatic N) is 1. The molecule has 1 fully saturated rings. The fourth-order valence-electron chi connectivity index (χ4n) is 5.30. The summed E-state index contributed by atoms with van der Waals surface area (Å²) < 4.78 is 5.54. The number of carbonyl (C=O) groups excluding carboxylic acids is 4. The SMILES string of the molecule is CC[C@H](C)[C@@H]([NH3+])[C@@H](O)CC(=O)C[C@H](C(=O)N[C@@H](CC(C)C)C(=O)N1CCC[C@H]1C(=O)OCc1ccccc1)C(C)C.[Cl-]. The molecule has 1 saturated heterocycles. The van der Waals surface area contributed by atoms with Crippen LogP contribution in [0, 0.1) is 23.7 Å². The number of amides is 2. The van der Waals surface area contributed by atoms with Gasteiger partial charge in [0.25, 0.3) is 0 Å². The van der Waals surface area contributed by atoms with Gasteiger partial charge < -0.3 is 38.2 Å². The number of carbonyl (C=O) groups is 4. The van der Waals surface area contributed by atoms with E-state index in [2.05, 4.69) is 11.1 Å². The molecule has 9 nitrogen and oxygen atoms in total. The second-order valence-electron chi connectivity index (χ2n) is 12.4. The summed E-state index contributed by atoms with van der Waals surface area (Å²) in [5, 5.41) is 13.4. The lowest BCUT2D eigenvalue weighted by molar-refractivity contribution is -0.449. The number of halogens is 1. The normalized spacial score (nSPS) is 18.5. The highest BCUT2D eigenvalue weighted by molar-refractivity contribution is 5.93. The summed E-state index contributed by atoms with van der Waals surface area (Å²) in [6.07, 6.45) is 1.51. The molecule has 5 N–H and O–H groups in total. The third kappa shape index (κ3) is 11.3. The minimum atomic E-state index is -0.864. The van der Waals surface area contributed by atoms with E-state index in [-0.39, 0.29) is 73.2 Å². The standard InChI is InChI=1S/C32H51N3O6.ClH/c1-7-22(6)29(33)28(37)18-24(36)17-25(21(4)5)30(38)34-26(16-20(2)3)31(39)35-15-11-14-27(35)32(40)41-19-23-12-9-8-10-13-23;/h8-10,12-13,20-22,25-29,37H,7,11,14-19,33H2,1-6H3,(H,34,38);1H/t22-,25-,26-,27-,28-,29+;/m0./s1. The lowest BCUT2D eigenvalue weighted by Gasteiger charge is -2.30. The molecule has 1 aliphatic heterocycles. The fourth-order valence-corrected chi connectivity index (χ4v) is 5.30. The van der Waals surface area contributed by atoms with Crippen molar-refractivity contribution in [2.45, 2.75) is 111 Å². The van der Waals surface area contributed by atoms with Gasteiger partial charge in [-0.25, -0.2) is 4.79 Å². The molecule has 0 saturated carbocycles. The van der Waals surface area contributed by atoms with Gasteiger partial charge in [-0.3, -0.25) is 14.4 Å². The zero-order valence-corrected chi connectivity index (χ0v) is 26.9.